The van der Waals surface area contributed by atoms with Crippen LogP contribution in [0.25, 0.3) is 0 Å². The van der Waals surface area contributed by atoms with Gasteiger partial charge in [-0.2, -0.15) is 0 Å². The summed E-state index contributed by atoms with van der Waals surface area (Å²) < 4.78 is 3.08. The summed E-state index contributed by atoms with van der Waals surface area (Å²) in [4.78, 5) is 0. The van der Waals surface area contributed by atoms with E-state index in [9.17, 15) is 0 Å². The summed E-state index contributed by atoms with van der Waals surface area (Å²) >= 11 is 0.503. The third-order valence-corrected chi connectivity index (χ3v) is 10.9. The van der Waals surface area contributed by atoms with Gasteiger partial charge in [0.1, 0.15) is 0 Å². The number of halogens is 1. The van der Waals surface area contributed by atoms with Crippen LogP contribution in [0.15, 0.2) is 11.1 Å². The Balaban J connectivity index is 1.77. The Morgan fingerprint density at radius 3 is 2.52 bits per heavy atom. The van der Waals surface area contributed by atoms with E-state index in [2.05, 4.69) is 27.7 Å². The molecule has 0 saturated heterocycles. The van der Waals surface area contributed by atoms with Gasteiger partial charge in [-0.15, -0.1) is 0 Å². The summed E-state index contributed by atoms with van der Waals surface area (Å²) in [5, 5.41) is 0. The van der Waals surface area contributed by atoms with E-state index in [1.54, 1.807) is 23.7 Å². The number of hydrogen-bond acceptors (Lipinski definition) is 0. The molecular formula is C26H46I-. The predicted molar refractivity (Wildman–Crippen MR) is 116 cm³/mol. The van der Waals surface area contributed by atoms with Crippen molar-refractivity contribution in [1.82, 2.24) is 0 Å². The van der Waals surface area contributed by atoms with E-state index >= 15 is 0 Å². The summed E-state index contributed by atoms with van der Waals surface area (Å²) in [6, 6.07) is 0. The van der Waals surface area contributed by atoms with Gasteiger partial charge in [0, 0.05) is 0 Å². The first-order chi connectivity index (χ1) is 13.1. The molecule has 0 amide bonds. The van der Waals surface area contributed by atoms with Crippen molar-refractivity contribution in [2.24, 2.45) is 35.5 Å². The van der Waals surface area contributed by atoms with E-state index < -0.39 is 0 Å². The molecule has 27 heavy (non-hydrogen) atoms. The Labute approximate surface area is 181 Å². The Morgan fingerprint density at radius 1 is 0.889 bits per heavy atom. The molecular weight excluding hydrogens is 439 g/mol. The second-order valence-corrected chi connectivity index (χ2v) is 13.8. The Bertz CT molecular complexity index is 479. The van der Waals surface area contributed by atoms with Crippen molar-refractivity contribution in [3.8, 4) is 0 Å². The molecule has 0 spiro atoms. The van der Waals surface area contributed by atoms with Crippen LogP contribution in [0.3, 0.4) is 0 Å². The number of alkyl halides is 2. The van der Waals surface area contributed by atoms with E-state index in [0.29, 0.717) is 21.2 Å². The van der Waals surface area contributed by atoms with Crippen molar-refractivity contribution < 1.29 is 21.2 Å². The van der Waals surface area contributed by atoms with Crippen LogP contribution >= 0.6 is 0 Å². The van der Waals surface area contributed by atoms with Gasteiger partial charge in [0.2, 0.25) is 0 Å². The van der Waals surface area contributed by atoms with Crippen molar-refractivity contribution in [3.05, 3.63) is 11.1 Å². The maximum absolute atomic E-state index is 2.55. The average molecular weight is 486 g/mol. The minimum absolute atomic E-state index is 0.503. The Morgan fingerprint density at radius 2 is 1.74 bits per heavy atom. The standard InChI is InChI=1S/C26H46I/c1-5-8-22-18-23(13-11-19(22)3)26-17-21(15-16-27-6-2)12-14-24-20(4)9-7-10-25(24)26/h19-23,26H,5-18H2,1-4H3/q-1/t19-,20?,21?,22?,23?,26+/m0/s1. The van der Waals surface area contributed by atoms with E-state index in [1.165, 1.54) is 62.2 Å². The van der Waals surface area contributed by atoms with Crippen LogP contribution in [0, 0.1) is 35.5 Å². The molecule has 3 aliphatic carbocycles. The summed E-state index contributed by atoms with van der Waals surface area (Å²) in [7, 11) is 0. The molecule has 0 nitrogen and oxygen atoms in total. The average Bonchev–Trinajstić information content (AvgIpc) is 2.85. The predicted octanol–water partition coefficient (Wildman–Crippen LogP) is 4.87. The number of rotatable bonds is 7. The van der Waals surface area contributed by atoms with Crippen molar-refractivity contribution in [1.29, 1.82) is 0 Å². The fraction of sp³-hybridized carbons (Fsp3) is 0.923. The van der Waals surface area contributed by atoms with Crippen molar-refractivity contribution >= 4 is 0 Å². The van der Waals surface area contributed by atoms with Crippen LogP contribution in [0.2, 0.25) is 0 Å². The van der Waals surface area contributed by atoms with Gasteiger partial charge in [-0.05, 0) is 0 Å². The zero-order valence-corrected chi connectivity index (χ0v) is 20.9. The van der Waals surface area contributed by atoms with Gasteiger partial charge in [-0.1, -0.05) is 0 Å². The number of hydrogen-bond donors (Lipinski definition) is 0. The summed E-state index contributed by atoms with van der Waals surface area (Å²) in [5.41, 5.74) is 3.97. The molecule has 0 N–H and O–H groups in total. The molecule has 0 bridgehead atoms. The Kier molecular flexibility index (Phi) is 9.05. The molecule has 0 aromatic heterocycles. The molecule has 0 aliphatic heterocycles. The maximum atomic E-state index is 2.55. The first-order valence-electron chi connectivity index (χ1n) is 12.4. The van der Waals surface area contributed by atoms with Gasteiger partial charge in [0.25, 0.3) is 0 Å². The molecule has 4 unspecified atom stereocenters. The fourth-order valence-corrected chi connectivity index (χ4v) is 8.84. The topological polar surface area (TPSA) is 0 Å². The molecule has 0 aromatic rings. The molecule has 6 atom stereocenters. The van der Waals surface area contributed by atoms with Crippen molar-refractivity contribution in [2.75, 3.05) is 8.86 Å². The monoisotopic (exact) mass is 485 g/mol. The van der Waals surface area contributed by atoms with Gasteiger partial charge in [-0.25, -0.2) is 0 Å². The third-order valence-electron chi connectivity index (χ3n) is 8.42. The van der Waals surface area contributed by atoms with Crippen LogP contribution in [-0.4, -0.2) is 8.86 Å². The zero-order valence-electron chi connectivity index (χ0n) is 18.7. The van der Waals surface area contributed by atoms with E-state index in [-0.39, 0.29) is 0 Å². The second kappa shape index (κ2) is 11.0. The molecule has 1 saturated carbocycles. The molecule has 0 aromatic carbocycles. The van der Waals surface area contributed by atoms with Crippen LogP contribution in [0.1, 0.15) is 105 Å². The van der Waals surface area contributed by atoms with Crippen LogP contribution < -0.4 is 21.2 Å². The van der Waals surface area contributed by atoms with Crippen LogP contribution in [0.4, 0.5) is 0 Å². The van der Waals surface area contributed by atoms with Gasteiger partial charge in [-0.3, -0.25) is 0 Å². The molecule has 3 rings (SSSR count). The first-order valence-corrected chi connectivity index (χ1v) is 15.4. The summed E-state index contributed by atoms with van der Waals surface area (Å²) in [5.74, 6) is 5.94. The van der Waals surface area contributed by atoms with Gasteiger partial charge in [0.15, 0.2) is 0 Å². The van der Waals surface area contributed by atoms with Gasteiger partial charge in [0.05, 0.1) is 0 Å². The number of allylic oxidation sites excluding steroid dienone is 2. The summed E-state index contributed by atoms with van der Waals surface area (Å²) in [6.07, 6.45) is 18.0. The SMILES string of the molecule is CCCC1CC([C@H]2CC(CC[I-]CC)CCC3=C2CCCC3C)CC[C@@H]1C. The fourth-order valence-electron chi connectivity index (χ4n) is 6.75. The molecule has 3 aliphatic rings. The first kappa shape index (κ1) is 22.2. The molecule has 1 heteroatoms. The molecule has 0 heterocycles. The Hall–Kier alpha value is 0.470. The van der Waals surface area contributed by atoms with E-state index in [0.717, 1.165) is 35.5 Å². The molecule has 0 radical (unpaired) electrons. The normalized spacial score (nSPS) is 37.9. The van der Waals surface area contributed by atoms with Crippen molar-refractivity contribution in [3.63, 3.8) is 0 Å². The molecule has 1 fully saturated rings. The zero-order chi connectivity index (χ0) is 19.2. The van der Waals surface area contributed by atoms with Crippen LogP contribution in [0.5, 0.6) is 0 Å². The second-order valence-electron chi connectivity index (χ2n) is 10.1. The van der Waals surface area contributed by atoms with Crippen molar-refractivity contribution in [2.45, 2.75) is 105 Å². The minimum atomic E-state index is 0.503. The van der Waals surface area contributed by atoms with Gasteiger partial charge < -0.3 is 0 Å². The van der Waals surface area contributed by atoms with E-state index in [4.69, 9.17) is 0 Å². The molecule has 158 valence electrons. The van der Waals surface area contributed by atoms with Gasteiger partial charge >= 0.3 is 181 Å². The van der Waals surface area contributed by atoms with Crippen LogP contribution in [-0.2, 0) is 0 Å². The quantitative estimate of drug-likeness (QED) is 0.209. The van der Waals surface area contributed by atoms with E-state index in [1.807, 2.05) is 11.1 Å². The third kappa shape index (κ3) is 5.76. The summed E-state index contributed by atoms with van der Waals surface area (Å²) in [6.45, 7) is 9.91.